The first-order valence-electron chi connectivity index (χ1n) is 11.4. The predicted molar refractivity (Wildman–Crippen MR) is 135 cm³/mol. The molecule has 1 saturated heterocycles. The van der Waals surface area contributed by atoms with E-state index in [1.54, 1.807) is 30.3 Å². The lowest BCUT2D eigenvalue weighted by Crippen LogP contribution is -2.48. The number of hydrogen-bond donors (Lipinski definition) is 1. The highest BCUT2D eigenvalue weighted by Gasteiger charge is 2.37. The lowest BCUT2D eigenvalue weighted by atomic mass is 9.79. The fourth-order valence-corrected chi connectivity index (χ4v) is 5.29. The van der Waals surface area contributed by atoms with Crippen molar-refractivity contribution in [1.29, 1.82) is 0 Å². The lowest BCUT2D eigenvalue weighted by Gasteiger charge is -2.47. The highest BCUT2D eigenvalue weighted by molar-refractivity contribution is 6.42. The summed E-state index contributed by atoms with van der Waals surface area (Å²) in [5.74, 6) is -0.715. The summed E-state index contributed by atoms with van der Waals surface area (Å²) in [4.78, 5) is 28.8. The van der Waals surface area contributed by atoms with E-state index in [-0.39, 0.29) is 29.3 Å². The topological polar surface area (TPSA) is 52.7 Å². The highest BCUT2D eigenvalue weighted by Crippen LogP contribution is 2.44. The Morgan fingerprint density at radius 2 is 1.91 bits per heavy atom. The Hall–Kier alpha value is -2.57. The van der Waals surface area contributed by atoms with Gasteiger partial charge in [0.15, 0.2) is 0 Å². The van der Waals surface area contributed by atoms with Crippen LogP contribution in [0.5, 0.6) is 0 Å². The van der Waals surface area contributed by atoms with Crippen LogP contribution in [0.2, 0.25) is 10.0 Å². The molecule has 34 heavy (non-hydrogen) atoms. The number of benzene rings is 2. The number of imide groups is 1. The molecule has 0 bridgehead atoms. The number of urea groups is 1. The molecule has 0 spiro atoms. The van der Waals surface area contributed by atoms with Crippen LogP contribution >= 0.6 is 23.2 Å². The number of rotatable bonds is 5. The van der Waals surface area contributed by atoms with Crippen LogP contribution in [0, 0.1) is 5.82 Å². The minimum Gasteiger partial charge on any atom is -0.366 e. The Morgan fingerprint density at radius 1 is 1.18 bits per heavy atom. The van der Waals surface area contributed by atoms with Gasteiger partial charge in [-0.25, -0.2) is 9.18 Å². The number of nitrogens with zero attached hydrogens (tertiary/aromatic N) is 2. The standard InChI is InChI=1S/C26H28Cl2FN3O2/c1-5-8-32-23-12-21(29)17(10-18(23)15(2)13-26(32,3)4)11-22-24(33)31(25(34)30-22)14-16-6-7-19(27)20(28)9-16/h6-7,9-12,15H,5,8,13-14H2,1-4H3,(H,30,34)/b22-11+. The number of hydrogen-bond acceptors (Lipinski definition) is 3. The van der Waals surface area contributed by atoms with Gasteiger partial charge in [0, 0.05) is 23.3 Å². The number of anilines is 1. The fourth-order valence-electron chi connectivity index (χ4n) is 4.97. The van der Waals surface area contributed by atoms with E-state index in [1.165, 1.54) is 6.08 Å². The van der Waals surface area contributed by atoms with Crippen molar-refractivity contribution in [3.63, 3.8) is 0 Å². The van der Waals surface area contributed by atoms with Crippen LogP contribution in [0.25, 0.3) is 6.08 Å². The first kappa shape index (κ1) is 24.6. The Bertz CT molecular complexity index is 1190. The van der Waals surface area contributed by atoms with Crippen molar-refractivity contribution in [2.75, 3.05) is 11.4 Å². The summed E-state index contributed by atoms with van der Waals surface area (Å²) < 4.78 is 15.2. The second kappa shape index (κ2) is 9.23. The maximum absolute atomic E-state index is 15.2. The molecule has 8 heteroatoms. The zero-order valence-corrected chi connectivity index (χ0v) is 21.2. The van der Waals surface area contributed by atoms with E-state index in [0.29, 0.717) is 15.6 Å². The molecule has 0 aliphatic carbocycles. The summed E-state index contributed by atoms with van der Waals surface area (Å²) in [7, 11) is 0. The van der Waals surface area contributed by atoms with Crippen molar-refractivity contribution in [2.24, 2.45) is 0 Å². The molecule has 3 amide bonds. The zero-order valence-electron chi connectivity index (χ0n) is 19.7. The number of nitrogens with one attached hydrogen (secondary N) is 1. The minimum absolute atomic E-state index is 0.0314. The molecule has 1 atom stereocenters. The molecule has 0 saturated carbocycles. The number of carbonyl (C=O) groups is 2. The fraction of sp³-hybridized carbons (Fsp3) is 0.385. The van der Waals surface area contributed by atoms with Crippen LogP contribution in [0.3, 0.4) is 0 Å². The predicted octanol–water partition coefficient (Wildman–Crippen LogP) is 6.73. The van der Waals surface area contributed by atoms with Crippen LogP contribution in [0.1, 0.15) is 63.1 Å². The highest BCUT2D eigenvalue weighted by atomic mass is 35.5. The molecule has 2 heterocycles. The van der Waals surface area contributed by atoms with Crippen molar-refractivity contribution < 1.29 is 14.0 Å². The molecule has 180 valence electrons. The first-order valence-corrected chi connectivity index (χ1v) is 12.2. The van der Waals surface area contributed by atoms with Crippen LogP contribution < -0.4 is 10.2 Å². The third kappa shape index (κ3) is 4.53. The Kier molecular flexibility index (Phi) is 6.67. The average molecular weight is 504 g/mol. The summed E-state index contributed by atoms with van der Waals surface area (Å²) in [6.45, 7) is 9.49. The second-order valence-corrected chi connectivity index (χ2v) is 10.4. The van der Waals surface area contributed by atoms with E-state index in [2.05, 4.69) is 37.9 Å². The average Bonchev–Trinajstić information content (AvgIpc) is 3.01. The molecule has 1 unspecified atom stereocenters. The van der Waals surface area contributed by atoms with Gasteiger partial charge in [0.05, 0.1) is 16.6 Å². The molecule has 1 N–H and O–H groups in total. The van der Waals surface area contributed by atoms with E-state index in [9.17, 15) is 9.59 Å². The molecule has 4 rings (SSSR count). The van der Waals surface area contributed by atoms with Gasteiger partial charge in [-0.15, -0.1) is 0 Å². The SMILES string of the molecule is CCCN1c2cc(F)c(/C=C3/NC(=O)N(Cc4ccc(Cl)c(Cl)c4)C3=O)cc2C(C)CC1(C)C. The summed E-state index contributed by atoms with van der Waals surface area (Å²) in [6.07, 6.45) is 3.32. The molecule has 5 nitrogen and oxygen atoms in total. The number of fused-ring (bicyclic) bond motifs is 1. The van der Waals surface area contributed by atoms with Crippen LogP contribution in [0.4, 0.5) is 14.9 Å². The van der Waals surface area contributed by atoms with Crippen LogP contribution in [-0.2, 0) is 11.3 Å². The molecule has 0 radical (unpaired) electrons. The van der Waals surface area contributed by atoms with E-state index >= 15 is 4.39 Å². The lowest BCUT2D eigenvalue weighted by molar-refractivity contribution is -0.123. The van der Waals surface area contributed by atoms with Gasteiger partial charge in [0.25, 0.3) is 5.91 Å². The summed E-state index contributed by atoms with van der Waals surface area (Å²) in [6, 6.07) is 7.72. The minimum atomic E-state index is -0.565. The van der Waals surface area contributed by atoms with Gasteiger partial charge >= 0.3 is 6.03 Å². The number of halogens is 3. The summed E-state index contributed by atoms with van der Waals surface area (Å²) in [5, 5.41) is 3.30. The van der Waals surface area contributed by atoms with E-state index in [0.717, 1.165) is 35.5 Å². The molecule has 2 aromatic rings. The smallest absolute Gasteiger partial charge is 0.329 e. The Labute approximate surface area is 209 Å². The van der Waals surface area contributed by atoms with Crippen LogP contribution in [0.15, 0.2) is 36.0 Å². The molecular formula is C26H28Cl2FN3O2. The number of amides is 3. The Morgan fingerprint density at radius 3 is 2.59 bits per heavy atom. The quantitative estimate of drug-likeness (QED) is 0.363. The van der Waals surface area contributed by atoms with E-state index in [1.807, 2.05) is 0 Å². The molecule has 1 fully saturated rings. The third-order valence-electron chi connectivity index (χ3n) is 6.54. The Balaban J connectivity index is 1.64. The zero-order chi connectivity index (χ0) is 24.8. The van der Waals surface area contributed by atoms with Gasteiger partial charge in [0.1, 0.15) is 11.5 Å². The van der Waals surface area contributed by atoms with Gasteiger partial charge < -0.3 is 10.2 Å². The van der Waals surface area contributed by atoms with Gasteiger partial charge in [-0.3, -0.25) is 9.69 Å². The van der Waals surface area contributed by atoms with E-state index in [4.69, 9.17) is 23.2 Å². The summed E-state index contributed by atoms with van der Waals surface area (Å²) in [5.41, 5.74) is 2.85. The molecule has 2 aliphatic rings. The molecule has 2 aromatic carbocycles. The normalized spacial score (nSPS) is 20.7. The molecule has 0 aromatic heterocycles. The monoisotopic (exact) mass is 503 g/mol. The van der Waals surface area contributed by atoms with Crippen LogP contribution in [-0.4, -0.2) is 28.9 Å². The van der Waals surface area contributed by atoms with Crippen molar-refractivity contribution in [2.45, 2.75) is 58.5 Å². The van der Waals surface area contributed by atoms with Gasteiger partial charge in [-0.1, -0.05) is 43.1 Å². The number of carbonyl (C=O) groups excluding carboxylic acids is 2. The van der Waals surface area contributed by atoms with E-state index < -0.39 is 17.8 Å². The maximum Gasteiger partial charge on any atom is 0.329 e. The first-order chi connectivity index (χ1) is 16.0. The van der Waals surface area contributed by atoms with Gasteiger partial charge in [-0.05, 0) is 74.1 Å². The van der Waals surface area contributed by atoms with Crippen molar-refractivity contribution in [3.05, 3.63) is 68.6 Å². The summed E-state index contributed by atoms with van der Waals surface area (Å²) >= 11 is 12.0. The maximum atomic E-state index is 15.2. The van der Waals surface area contributed by atoms with Gasteiger partial charge in [0.2, 0.25) is 0 Å². The molecule has 2 aliphatic heterocycles. The molecular weight excluding hydrogens is 476 g/mol. The van der Waals surface area contributed by atoms with Gasteiger partial charge in [-0.2, -0.15) is 0 Å². The van der Waals surface area contributed by atoms with Crippen molar-refractivity contribution in [3.8, 4) is 0 Å². The second-order valence-electron chi connectivity index (χ2n) is 9.63. The van der Waals surface area contributed by atoms with Crippen molar-refractivity contribution >= 4 is 46.9 Å². The largest absolute Gasteiger partial charge is 0.366 e. The van der Waals surface area contributed by atoms with Crippen molar-refractivity contribution in [1.82, 2.24) is 10.2 Å². The third-order valence-corrected chi connectivity index (χ3v) is 7.28.